The van der Waals surface area contributed by atoms with E-state index in [-0.39, 0.29) is 6.10 Å². The third-order valence-electron chi connectivity index (χ3n) is 3.08. The van der Waals surface area contributed by atoms with Crippen LogP contribution in [0, 0.1) is 12.8 Å². The topological polar surface area (TPSA) is 43.4 Å². The second kappa shape index (κ2) is 8.80. The number of aryl methyl sites for hydroxylation is 1. The van der Waals surface area contributed by atoms with Gasteiger partial charge in [-0.1, -0.05) is 20.8 Å². The van der Waals surface area contributed by atoms with Gasteiger partial charge in [0.25, 0.3) is 5.88 Å². The predicted molar refractivity (Wildman–Crippen MR) is 82.6 cm³/mol. The number of rotatable bonds is 9. The Morgan fingerprint density at radius 2 is 2.05 bits per heavy atom. The summed E-state index contributed by atoms with van der Waals surface area (Å²) in [6.45, 7) is 10.5. The number of methoxy groups -OCH3 is 1. The average Bonchev–Trinajstić information content (AvgIpc) is 2.40. The molecule has 114 valence electrons. The summed E-state index contributed by atoms with van der Waals surface area (Å²) in [6.07, 6.45) is 2.21. The lowest BCUT2D eigenvalue weighted by Gasteiger charge is -2.22. The summed E-state index contributed by atoms with van der Waals surface area (Å²) in [5, 5.41) is 3.35. The Hall–Kier alpha value is -1.29. The molecule has 4 heteroatoms. The molecule has 1 rings (SSSR count). The second-order valence-corrected chi connectivity index (χ2v) is 5.47. The molecule has 1 aromatic heterocycles. The Balaban J connectivity index is 2.72. The van der Waals surface area contributed by atoms with Crippen LogP contribution in [0.3, 0.4) is 0 Å². The molecular weight excluding hydrogens is 252 g/mol. The van der Waals surface area contributed by atoms with Crippen molar-refractivity contribution >= 4 is 0 Å². The molecule has 1 aromatic rings. The van der Waals surface area contributed by atoms with Gasteiger partial charge in [0.15, 0.2) is 5.75 Å². The maximum Gasteiger partial charge on any atom is 0.256 e. The Bertz CT molecular complexity index is 394. The number of aromatic nitrogens is 1. The van der Waals surface area contributed by atoms with Crippen molar-refractivity contribution < 1.29 is 9.47 Å². The summed E-state index contributed by atoms with van der Waals surface area (Å²) < 4.78 is 11.4. The molecule has 1 atom stereocenters. The first-order valence-electron chi connectivity index (χ1n) is 7.45. The molecule has 0 aromatic carbocycles. The minimum absolute atomic E-state index is 0.187. The van der Waals surface area contributed by atoms with Crippen molar-refractivity contribution in [2.24, 2.45) is 5.92 Å². The summed E-state index contributed by atoms with van der Waals surface area (Å²) in [4.78, 5) is 4.36. The number of ether oxygens (including phenoxy) is 2. The Morgan fingerprint density at radius 3 is 2.65 bits per heavy atom. The zero-order valence-electron chi connectivity index (χ0n) is 13.4. The summed E-state index contributed by atoms with van der Waals surface area (Å²) in [5.74, 6) is 1.91. The first kappa shape index (κ1) is 16.8. The molecule has 0 aliphatic rings. The molecule has 4 nitrogen and oxygen atoms in total. The molecule has 20 heavy (non-hydrogen) atoms. The van der Waals surface area contributed by atoms with Crippen molar-refractivity contribution in [2.75, 3.05) is 20.2 Å². The minimum atomic E-state index is 0.187. The fraction of sp³-hybridized carbons (Fsp3) is 0.688. The third-order valence-corrected chi connectivity index (χ3v) is 3.08. The molecule has 0 saturated heterocycles. The van der Waals surface area contributed by atoms with Crippen molar-refractivity contribution in [3.63, 3.8) is 0 Å². The van der Waals surface area contributed by atoms with Gasteiger partial charge in [0, 0.05) is 5.69 Å². The molecule has 1 heterocycles. The lowest BCUT2D eigenvalue weighted by Crippen LogP contribution is -2.26. The highest BCUT2D eigenvalue weighted by Gasteiger charge is 2.16. The highest BCUT2D eigenvalue weighted by Crippen LogP contribution is 2.27. The zero-order valence-corrected chi connectivity index (χ0v) is 13.4. The van der Waals surface area contributed by atoms with E-state index in [0.717, 1.165) is 37.4 Å². The van der Waals surface area contributed by atoms with Crippen LogP contribution in [-0.4, -0.2) is 31.3 Å². The second-order valence-electron chi connectivity index (χ2n) is 5.47. The van der Waals surface area contributed by atoms with Gasteiger partial charge in [0.05, 0.1) is 7.11 Å². The average molecular weight is 280 g/mol. The van der Waals surface area contributed by atoms with Crippen LogP contribution in [-0.2, 0) is 0 Å². The first-order chi connectivity index (χ1) is 9.56. The van der Waals surface area contributed by atoms with Gasteiger partial charge in [-0.05, 0) is 50.9 Å². The lowest BCUT2D eigenvalue weighted by atomic mass is 10.0. The van der Waals surface area contributed by atoms with Gasteiger partial charge in [-0.3, -0.25) is 0 Å². The third kappa shape index (κ3) is 5.78. The first-order valence-corrected chi connectivity index (χ1v) is 7.45. The van der Waals surface area contributed by atoms with Crippen molar-refractivity contribution in [1.29, 1.82) is 0 Å². The monoisotopic (exact) mass is 280 g/mol. The van der Waals surface area contributed by atoms with Gasteiger partial charge in [0.2, 0.25) is 0 Å². The van der Waals surface area contributed by atoms with E-state index in [1.807, 2.05) is 19.1 Å². The SMILES string of the molecule is CCNCCC(CC(C)C)Oc1ccc(C)nc1OC. The van der Waals surface area contributed by atoms with Crippen LogP contribution in [0.1, 0.15) is 39.3 Å². The van der Waals surface area contributed by atoms with Crippen molar-refractivity contribution in [3.05, 3.63) is 17.8 Å². The van der Waals surface area contributed by atoms with Crippen LogP contribution in [0.5, 0.6) is 11.6 Å². The quantitative estimate of drug-likeness (QED) is 0.706. The lowest BCUT2D eigenvalue weighted by molar-refractivity contribution is 0.157. The molecule has 0 saturated carbocycles. The van der Waals surface area contributed by atoms with Gasteiger partial charge in [-0.2, -0.15) is 0 Å². The standard InChI is InChI=1S/C16H28N2O2/c1-6-17-10-9-14(11-12(2)3)20-15-8-7-13(4)18-16(15)19-5/h7-8,12,14,17H,6,9-11H2,1-5H3. The predicted octanol–water partition coefficient (Wildman–Crippen LogP) is 3.19. The van der Waals surface area contributed by atoms with E-state index in [9.17, 15) is 0 Å². The van der Waals surface area contributed by atoms with Gasteiger partial charge >= 0.3 is 0 Å². The van der Waals surface area contributed by atoms with E-state index in [4.69, 9.17) is 9.47 Å². The largest absolute Gasteiger partial charge is 0.485 e. The zero-order chi connectivity index (χ0) is 15.0. The summed E-state index contributed by atoms with van der Waals surface area (Å²) in [5.41, 5.74) is 0.933. The van der Waals surface area contributed by atoms with Gasteiger partial charge in [-0.15, -0.1) is 0 Å². The number of nitrogens with one attached hydrogen (secondary N) is 1. The van der Waals surface area contributed by atoms with E-state index < -0.39 is 0 Å². The van der Waals surface area contributed by atoms with Crippen LogP contribution in [0.25, 0.3) is 0 Å². The molecule has 0 aliphatic carbocycles. The maximum absolute atomic E-state index is 6.12. The number of hydrogen-bond donors (Lipinski definition) is 1. The molecule has 0 fully saturated rings. The minimum Gasteiger partial charge on any atom is -0.485 e. The van der Waals surface area contributed by atoms with Crippen molar-refractivity contribution in [3.8, 4) is 11.6 Å². The van der Waals surface area contributed by atoms with Crippen LogP contribution in [0.15, 0.2) is 12.1 Å². The van der Waals surface area contributed by atoms with E-state index in [1.54, 1.807) is 7.11 Å². The molecular formula is C16H28N2O2. The fourth-order valence-corrected chi connectivity index (χ4v) is 2.13. The highest BCUT2D eigenvalue weighted by atomic mass is 16.5. The summed E-state index contributed by atoms with van der Waals surface area (Å²) >= 11 is 0. The Labute approximate surface area is 122 Å². The number of pyridine rings is 1. The Kier molecular flexibility index (Phi) is 7.37. The molecule has 0 aliphatic heterocycles. The van der Waals surface area contributed by atoms with Crippen molar-refractivity contribution in [2.45, 2.75) is 46.6 Å². The highest BCUT2D eigenvalue weighted by molar-refractivity contribution is 5.34. The van der Waals surface area contributed by atoms with Crippen LogP contribution in [0.2, 0.25) is 0 Å². The molecule has 0 radical (unpaired) electrons. The van der Waals surface area contributed by atoms with E-state index in [2.05, 4.69) is 31.1 Å². The molecule has 0 bridgehead atoms. The van der Waals surface area contributed by atoms with Crippen LogP contribution < -0.4 is 14.8 Å². The van der Waals surface area contributed by atoms with Gasteiger partial charge < -0.3 is 14.8 Å². The number of nitrogens with zero attached hydrogens (tertiary/aromatic N) is 1. The smallest absolute Gasteiger partial charge is 0.256 e. The Morgan fingerprint density at radius 1 is 1.30 bits per heavy atom. The van der Waals surface area contributed by atoms with Gasteiger partial charge in [0.1, 0.15) is 6.10 Å². The van der Waals surface area contributed by atoms with Crippen molar-refractivity contribution in [1.82, 2.24) is 10.3 Å². The van der Waals surface area contributed by atoms with Crippen LogP contribution in [0.4, 0.5) is 0 Å². The van der Waals surface area contributed by atoms with E-state index in [1.165, 1.54) is 0 Å². The van der Waals surface area contributed by atoms with E-state index in [0.29, 0.717) is 11.8 Å². The maximum atomic E-state index is 6.12. The molecule has 0 spiro atoms. The van der Waals surface area contributed by atoms with Crippen LogP contribution >= 0.6 is 0 Å². The van der Waals surface area contributed by atoms with E-state index >= 15 is 0 Å². The molecule has 0 amide bonds. The number of hydrogen-bond acceptors (Lipinski definition) is 4. The molecule has 1 unspecified atom stereocenters. The fourth-order valence-electron chi connectivity index (χ4n) is 2.13. The normalized spacial score (nSPS) is 12.5. The summed E-state index contributed by atoms with van der Waals surface area (Å²) in [7, 11) is 1.63. The summed E-state index contributed by atoms with van der Waals surface area (Å²) in [6, 6.07) is 3.90. The molecule has 1 N–H and O–H groups in total. The van der Waals surface area contributed by atoms with Gasteiger partial charge in [-0.25, -0.2) is 4.98 Å².